The van der Waals surface area contributed by atoms with Gasteiger partial charge in [0.2, 0.25) is 0 Å². The normalized spacial score (nSPS) is 11.6. The molecule has 0 spiro atoms. The molecule has 0 saturated carbocycles. The summed E-state index contributed by atoms with van der Waals surface area (Å²) in [6.07, 6.45) is 0.871. The van der Waals surface area contributed by atoms with Crippen molar-refractivity contribution in [2.24, 2.45) is 4.99 Å². The van der Waals surface area contributed by atoms with Crippen LogP contribution in [-0.2, 0) is 0 Å². The number of aliphatic imine (C=N–C) groups is 1. The first-order valence-electron chi connectivity index (χ1n) is 2.52. The van der Waals surface area contributed by atoms with Gasteiger partial charge in [-0.05, 0) is 12.0 Å². The molecule has 0 aromatic carbocycles. The maximum Gasteiger partial charge on any atom is 0.125 e. The summed E-state index contributed by atoms with van der Waals surface area (Å²) >= 11 is 5.57. The highest BCUT2D eigenvalue weighted by Gasteiger charge is 1.93. The number of hydrogen-bond donors (Lipinski definition) is 0. The molecule has 0 aliphatic heterocycles. The summed E-state index contributed by atoms with van der Waals surface area (Å²) in [5, 5.41) is 0.535. The maximum absolute atomic E-state index is 5.57. The minimum Gasteiger partial charge on any atom is -0.276 e. The summed E-state index contributed by atoms with van der Waals surface area (Å²) in [5.41, 5.74) is 0.897. The minimum atomic E-state index is 0.535. The van der Waals surface area contributed by atoms with Crippen LogP contribution in [0.4, 0.5) is 0 Å². The van der Waals surface area contributed by atoms with Crippen LogP contribution >= 0.6 is 11.6 Å². The molecule has 0 aliphatic carbocycles. The third-order valence-electron chi connectivity index (χ3n) is 0.915. The van der Waals surface area contributed by atoms with Crippen molar-refractivity contribution in [2.45, 2.75) is 13.3 Å². The number of rotatable bonds is 2. The van der Waals surface area contributed by atoms with E-state index >= 15 is 0 Å². The molecule has 0 rings (SSSR count). The summed E-state index contributed by atoms with van der Waals surface area (Å²) < 4.78 is 0. The molecule has 2 heteroatoms. The molecular weight excluding hydrogens is 122 g/mol. The zero-order valence-corrected chi connectivity index (χ0v) is 6.00. The van der Waals surface area contributed by atoms with Crippen LogP contribution in [0.2, 0.25) is 0 Å². The summed E-state index contributed by atoms with van der Waals surface area (Å²) in [5.74, 6) is 0. The van der Waals surface area contributed by atoms with Gasteiger partial charge in [-0.15, -0.1) is 0 Å². The van der Waals surface area contributed by atoms with E-state index in [1.807, 2.05) is 6.92 Å². The lowest BCUT2D eigenvalue weighted by Gasteiger charge is -1.93. The van der Waals surface area contributed by atoms with Crippen LogP contribution in [0.3, 0.4) is 0 Å². The monoisotopic (exact) mass is 131 g/mol. The van der Waals surface area contributed by atoms with Crippen LogP contribution in [0.1, 0.15) is 13.3 Å². The molecule has 0 unspecified atom stereocenters. The van der Waals surface area contributed by atoms with Gasteiger partial charge >= 0.3 is 0 Å². The average molecular weight is 132 g/mol. The zero-order valence-electron chi connectivity index (χ0n) is 5.24. The van der Waals surface area contributed by atoms with Crippen LogP contribution in [0.5, 0.6) is 0 Å². The lowest BCUT2D eigenvalue weighted by Crippen LogP contribution is -1.88. The molecule has 0 radical (unpaired) electrons. The minimum absolute atomic E-state index is 0.535. The van der Waals surface area contributed by atoms with Gasteiger partial charge in [-0.25, -0.2) is 0 Å². The predicted molar refractivity (Wildman–Crippen MR) is 38.6 cm³/mol. The van der Waals surface area contributed by atoms with E-state index in [2.05, 4.69) is 11.6 Å². The molecule has 0 fully saturated rings. The highest BCUT2D eigenvalue weighted by Crippen LogP contribution is 2.02. The number of allylic oxidation sites excluding steroid dienone is 1. The molecule has 0 saturated heterocycles. The largest absolute Gasteiger partial charge is 0.276 e. The molecule has 0 aromatic rings. The Labute approximate surface area is 55.1 Å². The van der Waals surface area contributed by atoms with Gasteiger partial charge in [-0.3, -0.25) is 4.99 Å². The Morgan fingerprint density at radius 3 is 2.38 bits per heavy atom. The molecule has 0 heterocycles. The maximum atomic E-state index is 5.57. The second kappa shape index (κ2) is 3.67. The smallest absolute Gasteiger partial charge is 0.125 e. The van der Waals surface area contributed by atoms with Crippen molar-refractivity contribution >= 4 is 16.8 Å². The van der Waals surface area contributed by atoms with Crippen molar-refractivity contribution in [3.63, 3.8) is 0 Å². The van der Waals surface area contributed by atoms with E-state index in [0.717, 1.165) is 12.0 Å². The van der Waals surface area contributed by atoms with Crippen molar-refractivity contribution in [3.8, 4) is 0 Å². The number of nitrogens with zero attached hydrogens (tertiary/aromatic N) is 1. The first kappa shape index (κ1) is 7.70. The summed E-state index contributed by atoms with van der Waals surface area (Å²) in [7, 11) is 1.66. The highest BCUT2D eigenvalue weighted by atomic mass is 35.5. The molecule has 0 aliphatic rings. The second-order valence-electron chi connectivity index (χ2n) is 1.47. The third-order valence-corrected chi connectivity index (χ3v) is 1.35. The lowest BCUT2D eigenvalue weighted by atomic mass is 10.3. The van der Waals surface area contributed by atoms with Gasteiger partial charge in [-0.1, -0.05) is 25.1 Å². The molecule has 8 heavy (non-hydrogen) atoms. The Balaban J connectivity index is 3.83. The van der Waals surface area contributed by atoms with Crippen molar-refractivity contribution < 1.29 is 0 Å². The number of hydrogen-bond acceptors (Lipinski definition) is 1. The fourth-order valence-electron chi connectivity index (χ4n) is 0.304. The van der Waals surface area contributed by atoms with Gasteiger partial charge in [0.1, 0.15) is 5.17 Å². The standard InChI is InChI=1S/C6H10ClN/c1-4-5(2)6(7)8-3/h2,4H2,1,3H3/b8-6-. The van der Waals surface area contributed by atoms with E-state index < -0.39 is 0 Å². The Morgan fingerprint density at radius 2 is 2.25 bits per heavy atom. The Hall–Kier alpha value is -0.300. The van der Waals surface area contributed by atoms with Crippen molar-refractivity contribution in [3.05, 3.63) is 12.2 Å². The first-order valence-corrected chi connectivity index (χ1v) is 2.90. The summed E-state index contributed by atoms with van der Waals surface area (Å²) in [6.45, 7) is 5.68. The Morgan fingerprint density at radius 1 is 1.75 bits per heavy atom. The number of halogens is 1. The summed E-state index contributed by atoms with van der Waals surface area (Å²) in [6, 6.07) is 0. The van der Waals surface area contributed by atoms with Crippen molar-refractivity contribution in [2.75, 3.05) is 7.05 Å². The first-order chi connectivity index (χ1) is 3.72. The van der Waals surface area contributed by atoms with E-state index in [4.69, 9.17) is 11.6 Å². The van der Waals surface area contributed by atoms with Gasteiger partial charge in [0.15, 0.2) is 0 Å². The molecule has 0 atom stereocenters. The highest BCUT2D eigenvalue weighted by molar-refractivity contribution is 6.69. The van der Waals surface area contributed by atoms with Crippen LogP contribution in [0.25, 0.3) is 0 Å². The topological polar surface area (TPSA) is 12.4 Å². The van der Waals surface area contributed by atoms with E-state index in [0.29, 0.717) is 5.17 Å². The molecule has 46 valence electrons. The average Bonchev–Trinajstić information content (AvgIpc) is 1.84. The molecule has 0 N–H and O–H groups in total. The van der Waals surface area contributed by atoms with Gasteiger partial charge < -0.3 is 0 Å². The van der Waals surface area contributed by atoms with E-state index in [1.54, 1.807) is 7.05 Å². The SMILES string of the molecule is C=C(CC)/C(Cl)=N/C. The summed E-state index contributed by atoms with van der Waals surface area (Å²) in [4.78, 5) is 3.74. The molecule has 0 amide bonds. The van der Waals surface area contributed by atoms with Crippen LogP contribution in [0.15, 0.2) is 17.1 Å². The van der Waals surface area contributed by atoms with E-state index in [1.165, 1.54) is 0 Å². The predicted octanol–water partition coefficient (Wildman–Crippen LogP) is 2.22. The quantitative estimate of drug-likeness (QED) is 0.510. The Bertz CT molecular complexity index is 116. The van der Waals surface area contributed by atoms with E-state index in [9.17, 15) is 0 Å². The lowest BCUT2D eigenvalue weighted by molar-refractivity contribution is 1.18. The van der Waals surface area contributed by atoms with Gasteiger partial charge in [0.05, 0.1) is 0 Å². The molecular formula is C6H10ClN. The van der Waals surface area contributed by atoms with Crippen LogP contribution in [-0.4, -0.2) is 12.2 Å². The molecule has 1 nitrogen and oxygen atoms in total. The van der Waals surface area contributed by atoms with Gasteiger partial charge in [-0.2, -0.15) is 0 Å². The molecule has 0 aromatic heterocycles. The molecule has 0 bridgehead atoms. The fourth-order valence-corrected chi connectivity index (χ4v) is 0.438. The van der Waals surface area contributed by atoms with Crippen molar-refractivity contribution in [1.82, 2.24) is 0 Å². The van der Waals surface area contributed by atoms with Crippen LogP contribution in [0, 0.1) is 0 Å². The zero-order chi connectivity index (χ0) is 6.57. The Kier molecular flexibility index (Phi) is 3.53. The van der Waals surface area contributed by atoms with Gasteiger partial charge in [0.25, 0.3) is 0 Å². The van der Waals surface area contributed by atoms with Crippen LogP contribution < -0.4 is 0 Å². The van der Waals surface area contributed by atoms with Crippen molar-refractivity contribution in [1.29, 1.82) is 0 Å². The van der Waals surface area contributed by atoms with Gasteiger partial charge in [0, 0.05) is 7.05 Å². The van der Waals surface area contributed by atoms with E-state index in [-0.39, 0.29) is 0 Å². The second-order valence-corrected chi connectivity index (χ2v) is 1.83. The third kappa shape index (κ3) is 2.12. The fraction of sp³-hybridized carbons (Fsp3) is 0.500.